The standard InChI is InChI=1S/C21H17ClN2O4S/c1-13-3-10-19(14(2)11-13)29(25,26)12-17-8-9-18(27-17)21-23-20(24-28-21)15-4-6-16(22)7-5-15/h3-11H,12H2,1-2H3. The van der Waals surface area contributed by atoms with E-state index in [0.717, 1.165) is 11.1 Å². The first-order chi connectivity index (χ1) is 13.8. The minimum Gasteiger partial charge on any atom is -0.455 e. The Bertz CT molecular complexity index is 1270. The summed E-state index contributed by atoms with van der Waals surface area (Å²) < 4.78 is 36.5. The quantitative estimate of drug-likeness (QED) is 0.432. The summed E-state index contributed by atoms with van der Waals surface area (Å²) in [7, 11) is -3.54. The Balaban J connectivity index is 1.56. The molecule has 6 nitrogen and oxygen atoms in total. The molecule has 0 bridgehead atoms. The molecule has 148 valence electrons. The van der Waals surface area contributed by atoms with E-state index < -0.39 is 9.84 Å². The molecule has 29 heavy (non-hydrogen) atoms. The van der Waals surface area contributed by atoms with Crippen molar-refractivity contribution in [1.29, 1.82) is 0 Å². The molecule has 0 saturated heterocycles. The van der Waals surface area contributed by atoms with Crippen molar-refractivity contribution in [2.24, 2.45) is 0 Å². The van der Waals surface area contributed by atoms with Gasteiger partial charge in [-0.05, 0) is 61.9 Å². The molecule has 2 aromatic carbocycles. The fourth-order valence-electron chi connectivity index (χ4n) is 3.02. The van der Waals surface area contributed by atoms with Gasteiger partial charge in [0.05, 0.1) is 4.90 Å². The summed E-state index contributed by atoms with van der Waals surface area (Å²) in [5.41, 5.74) is 2.46. The second-order valence-electron chi connectivity index (χ2n) is 6.72. The van der Waals surface area contributed by atoms with E-state index in [2.05, 4.69) is 10.1 Å². The maximum Gasteiger partial charge on any atom is 0.293 e. The SMILES string of the molecule is Cc1ccc(S(=O)(=O)Cc2ccc(-c3nc(-c4ccc(Cl)cc4)no3)o2)c(C)c1. The van der Waals surface area contributed by atoms with Gasteiger partial charge >= 0.3 is 0 Å². The van der Waals surface area contributed by atoms with E-state index in [4.69, 9.17) is 20.5 Å². The predicted molar refractivity (Wildman–Crippen MR) is 109 cm³/mol. The molecule has 0 saturated carbocycles. The molecule has 4 rings (SSSR count). The Kier molecular flexibility index (Phi) is 5.02. The molecular formula is C21H17ClN2O4S. The highest BCUT2D eigenvalue weighted by molar-refractivity contribution is 7.90. The third kappa shape index (κ3) is 4.11. The summed E-state index contributed by atoms with van der Waals surface area (Å²) in [5, 5.41) is 4.55. The van der Waals surface area contributed by atoms with E-state index in [-0.39, 0.29) is 11.6 Å². The molecule has 0 aliphatic carbocycles. The van der Waals surface area contributed by atoms with E-state index >= 15 is 0 Å². The molecule has 0 radical (unpaired) electrons. The lowest BCUT2D eigenvalue weighted by atomic mass is 10.2. The summed E-state index contributed by atoms with van der Waals surface area (Å²) in [4.78, 5) is 4.60. The second-order valence-corrected chi connectivity index (χ2v) is 9.12. The first kappa shape index (κ1) is 19.4. The molecule has 4 aromatic rings. The summed E-state index contributed by atoms with van der Waals surface area (Å²) in [5.74, 6) is 0.909. The van der Waals surface area contributed by atoms with Crippen molar-refractivity contribution in [3.8, 4) is 23.0 Å². The number of rotatable bonds is 5. The van der Waals surface area contributed by atoms with E-state index in [1.165, 1.54) is 0 Å². The summed E-state index contributed by atoms with van der Waals surface area (Å²) in [6.45, 7) is 3.70. The minimum absolute atomic E-state index is 0.171. The number of aromatic nitrogens is 2. The van der Waals surface area contributed by atoms with Crippen LogP contribution in [-0.2, 0) is 15.6 Å². The third-order valence-electron chi connectivity index (χ3n) is 4.40. The van der Waals surface area contributed by atoms with Crippen molar-refractivity contribution in [1.82, 2.24) is 10.1 Å². The van der Waals surface area contributed by atoms with Gasteiger partial charge in [-0.2, -0.15) is 4.98 Å². The van der Waals surface area contributed by atoms with Gasteiger partial charge in [0.15, 0.2) is 15.6 Å². The minimum atomic E-state index is -3.54. The van der Waals surface area contributed by atoms with Crippen molar-refractivity contribution in [2.75, 3.05) is 0 Å². The number of halogens is 1. The van der Waals surface area contributed by atoms with E-state index in [1.807, 2.05) is 13.0 Å². The van der Waals surface area contributed by atoms with Gasteiger partial charge in [-0.1, -0.05) is 34.5 Å². The van der Waals surface area contributed by atoms with Crippen LogP contribution in [0.4, 0.5) is 0 Å². The smallest absolute Gasteiger partial charge is 0.293 e. The second kappa shape index (κ2) is 7.50. The highest BCUT2D eigenvalue weighted by Crippen LogP contribution is 2.27. The molecule has 0 fully saturated rings. The van der Waals surface area contributed by atoms with Crippen LogP contribution in [0.3, 0.4) is 0 Å². The Morgan fingerprint density at radius 3 is 2.48 bits per heavy atom. The number of nitrogens with zero attached hydrogens (tertiary/aromatic N) is 2. The highest BCUT2D eigenvalue weighted by Gasteiger charge is 2.21. The highest BCUT2D eigenvalue weighted by atomic mass is 35.5. The molecule has 0 amide bonds. The van der Waals surface area contributed by atoms with Gasteiger partial charge < -0.3 is 8.94 Å². The number of aryl methyl sites for hydroxylation is 2. The van der Waals surface area contributed by atoms with Gasteiger partial charge in [-0.25, -0.2) is 8.42 Å². The van der Waals surface area contributed by atoms with Crippen molar-refractivity contribution in [3.63, 3.8) is 0 Å². The van der Waals surface area contributed by atoms with Crippen molar-refractivity contribution >= 4 is 21.4 Å². The van der Waals surface area contributed by atoms with Gasteiger partial charge in [0, 0.05) is 10.6 Å². The summed E-state index contributed by atoms with van der Waals surface area (Å²) >= 11 is 5.89. The zero-order chi connectivity index (χ0) is 20.6. The number of benzene rings is 2. The number of hydrogen-bond donors (Lipinski definition) is 0. The maximum absolute atomic E-state index is 12.8. The Morgan fingerprint density at radius 1 is 1.00 bits per heavy atom. The monoisotopic (exact) mass is 428 g/mol. The van der Waals surface area contributed by atoms with E-state index in [9.17, 15) is 8.42 Å². The van der Waals surface area contributed by atoms with Crippen molar-refractivity contribution in [3.05, 3.63) is 76.5 Å². The molecule has 0 spiro atoms. The zero-order valence-electron chi connectivity index (χ0n) is 15.7. The molecular weight excluding hydrogens is 412 g/mol. The third-order valence-corrected chi connectivity index (χ3v) is 6.44. The first-order valence-corrected chi connectivity index (χ1v) is 10.8. The topological polar surface area (TPSA) is 86.2 Å². The van der Waals surface area contributed by atoms with Crippen LogP contribution in [0.15, 0.2) is 68.4 Å². The van der Waals surface area contributed by atoms with Crippen LogP contribution in [0.2, 0.25) is 5.02 Å². The van der Waals surface area contributed by atoms with Gasteiger partial charge in [0.2, 0.25) is 5.82 Å². The summed E-state index contributed by atoms with van der Waals surface area (Å²) in [6.07, 6.45) is 0. The van der Waals surface area contributed by atoms with Crippen LogP contribution in [0.5, 0.6) is 0 Å². The molecule has 2 aromatic heterocycles. The maximum atomic E-state index is 12.8. The number of furan rings is 1. The van der Waals surface area contributed by atoms with E-state index in [0.29, 0.717) is 32.8 Å². The van der Waals surface area contributed by atoms with Crippen LogP contribution in [-0.4, -0.2) is 18.6 Å². The lowest BCUT2D eigenvalue weighted by molar-refractivity contribution is 0.413. The zero-order valence-corrected chi connectivity index (χ0v) is 17.3. The predicted octanol–water partition coefficient (Wildman–Crippen LogP) is 5.24. The van der Waals surface area contributed by atoms with Crippen molar-refractivity contribution in [2.45, 2.75) is 24.5 Å². The fourth-order valence-corrected chi connectivity index (χ4v) is 4.66. The van der Waals surface area contributed by atoms with Crippen molar-refractivity contribution < 1.29 is 17.4 Å². The van der Waals surface area contributed by atoms with E-state index in [1.54, 1.807) is 55.5 Å². The van der Waals surface area contributed by atoms with Gasteiger partial charge in [0.1, 0.15) is 11.5 Å². The average Bonchev–Trinajstić information content (AvgIpc) is 3.31. The van der Waals surface area contributed by atoms with Crippen LogP contribution in [0.1, 0.15) is 16.9 Å². The average molecular weight is 429 g/mol. The molecule has 0 aliphatic rings. The Morgan fingerprint density at radius 2 is 1.76 bits per heavy atom. The lowest BCUT2D eigenvalue weighted by Crippen LogP contribution is -2.06. The molecule has 2 heterocycles. The van der Waals surface area contributed by atoms with Gasteiger partial charge in [-0.15, -0.1) is 0 Å². The normalized spacial score (nSPS) is 11.7. The summed E-state index contributed by atoms with van der Waals surface area (Å²) in [6, 6.07) is 15.5. The van der Waals surface area contributed by atoms with Crippen LogP contribution >= 0.6 is 11.6 Å². The molecule has 0 N–H and O–H groups in total. The number of hydrogen-bond acceptors (Lipinski definition) is 6. The molecule has 0 aliphatic heterocycles. The molecule has 0 atom stereocenters. The first-order valence-electron chi connectivity index (χ1n) is 8.80. The van der Waals surface area contributed by atoms with Crippen LogP contribution in [0.25, 0.3) is 23.0 Å². The van der Waals surface area contributed by atoms with Crippen LogP contribution < -0.4 is 0 Å². The molecule has 0 unspecified atom stereocenters. The Labute approximate surface area is 173 Å². The fraction of sp³-hybridized carbons (Fsp3) is 0.143. The van der Waals surface area contributed by atoms with Crippen LogP contribution in [0, 0.1) is 13.8 Å². The largest absolute Gasteiger partial charge is 0.455 e. The lowest BCUT2D eigenvalue weighted by Gasteiger charge is -2.07. The van der Waals surface area contributed by atoms with Gasteiger partial charge in [-0.3, -0.25) is 0 Å². The molecule has 8 heteroatoms. The van der Waals surface area contributed by atoms with Gasteiger partial charge in [0.25, 0.3) is 5.89 Å². The Hall–Kier alpha value is -2.90. The number of sulfone groups is 1.